The van der Waals surface area contributed by atoms with Crippen molar-refractivity contribution in [3.8, 4) is 0 Å². The van der Waals surface area contributed by atoms with E-state index in [1.807, 2.05) is 20.8 Å². The van der Waals surface area contributed by atoms with Crippen LogP contribution < -0.4 is 0 Å². The maximum absolute atomic E-state index is 13.4. The lowest BCUT2D eigenvalue weighted by Gasteiger charge is -2.15. The predicted octanol–water partition coefficient (Wildman–Crippen LogP) is 4.90. The van der Waals surface area contributed by atoms with Gasteiger partial charge in [0.25, 0.3) is 0 Å². The Bertz CT molecular complexity index is 776. The molecule has 5 heteroatoms. The van der Waals surface area contributed by atoms with Crippen molar-refractivity contribution in [3.63, 3.8) is 0 Å². The van der Waals surface area contributed by atoms with Crippen LogP contribution in [-0.4, -0.2) is 31.3 Å². The highest BCUT2D eigenvalue weighted by Gasteiger charge is 2.39. The van der Waals surface area contributed by atoms with E-state index in [0.29, 0.717) is 30.3 Å². The van der Waals surface area contributed by atoms with Crippen LogP contribution in [0.3, 0.4) is 0 Å². The van der Waals surface area contributed by atoms with Crippen molar-refractivity contribution in [1.29, 1.82) is 0 Å². The van der Waals surface area contributed by atoms with Gasteiger partial charge in [-0.15, -0.1) is 0 Å². The van der Waals surface area contributed by atoms with Gasteiger partial charge in [-0.2, -0.15) is 0 Å². The van der Waals surface area contributed by atoms with E-state index in [0.717, 1.165) is 41.7 Å². The molecule has 3 rings (SSSR count). The van der Waals surface area contributed by atoms with Crippen LogP contribution in [0.15, 0.2) is 17.9 Å². The van der Waals surface area contributed by atoms with E-state index in [1.54, 1.807) is 13.8 Å². The van der Waals surface area contributed by atoms with E-state index >= 15 is 0 Å². The maximum Gasteiger partial charge on any atom is 0.513 e. The summed E-state index contributed by atoms with van der Waals surface area (Å²) >= 11 is 0. The minimum absolute atomic E-state index is 0.0642. The summed E-state index contributed by atoms with van der Waals surface area (Å²) in [4.78, 5) is 25.5. The Balaban J connectivity index is 1.94. The van der Waals surface area contributed by atoms with Crippen molar-refractivity contribution in [1.82, 2.24) is 0 Å². The average Bonchev–Trinajstić information content (AvgIpc) is 3.17. The lowest BCUT2D eigenvalue weighted by Crippen LogP contribution is -2.16. The summed E-state index contributed by atoms with van der Waals surface area (Å²) in [6.07, 6.45) is 1.15. The highest BCUT2D eigenvalue weighted by Crippen LogP contribution is 2.41. The number of ketones is 1. The fourth-order valence-electron chi connectivity index (χ4n) is 4.37. The molecule has 0 radical (unpaired) electrons. The van der Waals surface area contributed by atoms with Crippen molar-refractivity contribution >= 4 is 17.5 Å². The molecule has 28 heavy (non-hydrogen) atoms. The third-order valence-electron chi connectivity index (χ3n) is 5.44. The first kappa shape index (κ1) is 20.6. The van der Waals surface area contributed by atoms with Gasteiger partial charge in [0.05, 0.1) is 11.7 Å². The number of allylic oxidation sites excluding steroid dienone is 2. The van der Waals surface area contributed by atoms with E-state index in [4.69, 9.17) is 14.2 Å². The molecule has 0 aromatic heterocycles. The van der Waals surface area contributed by atoms with Crippen LogP contribution in [0.4, 0.5) is 4.79 Å². The van der Waals surface area contributed by atoms with Gasteiger partial charge in [0, 0.05) is 25.6 Å². The number of aryl methyl sites for hydroxylation is 3. The number of hydrogen-bond donors (Lipinski definition) is 0. The topological polar surface area (TPSA) is 61.8 Å². The van der Waals surface area contributed by atoms with Gasteiger partial charge >= 0.3 is 6.16 Å². The minimum Gasteiger partial charge on any atom is -0.431 e. The van der Waals surface area contributed by atoms with Gasteiger partial charge in [-0.3, -0.25) is 4.79 Å². The SMILES string of the molecule is Cc1cc(C)c(C2=C(OC(=O)OC(C)C)CC(CC3CCOC3)C2=O)c(C)c1. The summed E-state index contributed by atoms with van der Waals surface area (Å²) in [6.45, 7) is 11.0. The molecule has 1 aliphatic heterocycles. The van der Waals surface area contributed by atoms with Gasteiger partial charge in [0.2, 0.25) is 0 Å². The molecule has 0 spiro atoms. The highest BCUT2D eigenvalue weighted by molar-refractivity contribution is 6.25. The Hall–Kier alpha value is -2.14. The van der Waals surface area contributed by atoms with Crippen LogP contribution in [0.25, 0.3) is 5.57 Å². The summed E-state index contributed by atoms with van der Waals surface area (Å²) in [6, 6.07) is 4.12. The van der Waals surface area contributed by atoms with Gasteiger partial charge in [-0.1, -0.05) is 17.7 Å². The van der Waals surface area contributed by atoms with Gasteiger partial charge in [0.1, 0.15) is 5.76 Å². The zero-order valence-electron chi connectivity index (χ0n) is 17.5. The van der Waals surface area contributed by atoms with Crippen LogP contribution in [0.1, 0.15) is 55.4 Å². The standard InChI is InChI=1S/C23H30O5/c1-13(2)27-23(25)28-19-11-18(10-17-6-7-26-12-17)22(24)21(19)20-15(4)8-14(3)9-16(20)5/h8-9,13,17-18H,6-7,10-12H2,1-5H3. The molecule has 152 valence electrons. The number of Topliss-reactive ketones (excluding diaryl/α,β-unsaturated/α-hetero) is 1. The zero-order valence-corrected chi connectivity index (χ0v) is 17.5. The third-order valence-corrected chi connectivity index (χ3v) is 5.44. The van der Waals surface area contributed by atoms with Crippen molar-refractivity contribution in [2.24, 2.45) is 11.8 Å². The molecule has 2 aliphatic rings. The Morgan fingerprint density at radius 2 is 1.89 bits per heavy atom. The molecule has 1 aromatic carbocycles. The molecular formula is C23H30O5. The van der Waals surface area contributed by atoms with Gasteiger partial charge < -0.3 is 14.2 Å². The molecule has 1 heterocycles. The second kappa shape index (κ2) is 8.48. The van der Waals surface area contributed by atoms with E-state index in [-0.39, 0.29) is 17.8 Å². The number of hydrogen-bond acceptors (Lipinski definition) is 5. The largest absolute Gasteiger partial charge is 0.513 e. The Labute approximate surface area is 167 Å². The maximum atomic E-state index is 13.4. The second-order valence-electron chi connectivity index (χ2n) is 8.32. The van der Waals surface area contributed by atoms with Crippen LogP contribution in [0.5, 0.6) is 0 Å². The zero-order chi connectivity index (χ0) is 20.4. The fraction of sp³-hybridized carbons (Fsp3) is 0.565. The smallest absolute Gasteiger partial charge is 0.431 e. The second-order valence-corrected chi connectivity index (χ2v) is 8.32. The molecule has 0 bridgehead atoms. The van der Waals surface area contributed by atoms with E-state index < -0.39 is 6.16 Å². The Morgan fingerprint density at radius 1 is 1.21 bits per heavy atom. The summed E-state index contributed by atoms with van der Waals surface area (Å²) in [5, 5.41) is 0. The monoisotopic (exact) mass is 386 g/mol. The number of ether oxygens (including phenoxy) is 3. The van der Waals surface area contributed by atoms with Crippen LogP contribution in [0.2, 0.25) is 0 Å². The summed E-state index contributed by atoms with van der Waals surface area (Å²) in [5.74, 6) is 0.713. The van der Waals surface area contributed by atoms with Crippen LogP contribution in [-0.2, 0) is 19.0 Å². The lowest BCUT2D eigenvalue weighted by atomic mass is 9.87. The van der Waals surface area contributed by atoms with Crippen molar-refractivity contribution in [2.45, 2.75) is 60.0 Å². The molecule has 2 atom stereocenters. The molecule has 1 aromatic rings. The molecular weight excluding hydrogens is 356 g/mol. The summed E-state index contributed by atoms with van der Waals surface area (Å²) < 4.78 is 16.2. The lowest BCUT2D eigenvalue weighted by molar-refractivity contribution is -0.117. The van der Waals surface area contributed by atoms with Gasteiger partial charge in [0.15, 0.2) is 5.78 Å². The number of benzene rings is 1. The number of carbonyl (C=O) groups excluding carboxylic acids is 2. The van der Waals surface area contributed by atoms with E-state index in [9.17, 15) is 9.59 Å². The molecule has 0 N–H and O–H groups in total. The first-order chi connectivity index (χ1) is 13.3. The van der Waals surface area contributed by atoms with Gasteiger partial charge in [-0.25, -0.2) is 4.79 Å². The first-order valence-corrected chi connectivity index (χ1v) is 10.1. The molecule has 0 amide bonds. The predicted molar refractivity (Wildman–Crippen MR) is 107 cm³/mol. The first-order valence-electron chi connectivity index (χ1n) is 10.1. The van der Waals surface area contributed by atoms with Crippen molar-refractivity contribution in [3.05, 3.63) is 40.1 Å². The molecule has 1 aliphatic carbocycles. The normalized spacial score (nSPS) is 22.3. The molecule has 1 fully saturated rings. The number of rotatable bonds is 5. The molecule has 2 unspecified atom stereocenters. The molecule has 5 nitrogen and oxygen atoms in total. The van der Waals surface area contributed by atoms with Crippen LogP contribution in [0, 0.1) is 32.6 Å². The van der Waals surface area contributed by atoms with Crippen molar-refractivity contribution < 1.29 is 23.8 Å². The minimum atomic E-state index is -0.748. The average molecular weight is 386 g/mol. The van der Waals surface area contributed by atoms with E-state index in [1.165, 1.54) is 0 Å². The molecule has 1 saturated heterocycles. The number of carbonyl (C=O) groups is 2. The van der Waals surface area contributed by atoms with E-state index in [2.05, 4.69) is 12.1 Å². The van der Waals surface area contributed by atoms with Crippen LogP contribution >= 0.6 is 0 Å². The third kappa shape index (κ3) is 4.46. The Morgan fingerprint density at radius 3 is 2.46 bits per heavy atom. The quantitative estimate of drug-likeness (QED) is 0.674. The highest BCUT2D eigenvalue weighted by atomic mass is 16.7. The molecule has 0 saturated carbocycles. The van der Waals surface area contributed by atoms with Crippen molar-refractivity contribution in [2.75, 3.05) is 13.2 Å². The summed E-state index contributed by atoms with van der Waals surface area (Å²) in [5.41, 5.74) is 4.60. The summed E-state index contributed by atoms with van der Waals surface area (Å²) in [7, 11) is 0. The fourth-order valence-corrected chi connectivity index (χ4v) is 4.37. The van der Waals surface area contributed by atoms with Gasteiger partial charge in [-0.05, 0) is 70.1 Å². The Kier molecular flexibility index (Phi) is 6.23.